The molecule has 0 aromatic carbocycles. The summed E-state index contributed by atoms with van der Waals surface area (Å²) in [6, 6.07) is 0. The van der Waals surface area contributed by atoms with Gasteiger partial charge in [-0.1, -0.05) is 26.7 Å². The molecule has 2 heteroatoms. The van der Waals surface area contributed by atoms with Crippen LogP contribution in [0.3, 0.4) is 0 Å². The summed E-state index contributed by atoms with van der Waals surface area (Å²) in [6.45, 7) is 4.54. The number of hydrogen-bond acceptors (Lipinski definition) is 0. The van der Waals surface area contributed by atoms with Crippen LogP contribution in [0.25, 0.3) is 0 Å². The van der Waals surface area contributed by atoms with Gasteiger partial charge in [0.15, 0.2) is 0 Å². The maximum Gasteiger partial charge on any atom is 0 e. The average molecular weight is 290 g/mol. The Hall–Kier alpha value is 1.78. The Labute approximate surface area is 100 Å². The Morgan fingerprint density at radius 3 is 1.60 bits per heavy atom. The van der Waals surface area contributed by atoms with Gasteiger partial charge in [-0.3, -0.25) is 0 Å². The molecule has 0 amide bonds. The standard InChI is InChI=1S/C8H19P.Nd/c1-3-5-7-9-8-6-4-2;/h9H,3-8H2,1-2H3;. The predicted molar refractivity (Wildman–Crippen MR) is 47.9 cm³/mol. The number of rotatable bonds is 6. The molecular weight excluding hydrogens is 271 g/mol. The Morgan fingerprint density at radius 2 is 1.30 bits per heavy atom. The van der Waals surface area contributed by atoms with Crippen molar-refractivity contribution in [1.82, 2.24) is 0 Å². The molecule has 0 heterocycles. The molecular formula is C8H19NdP. The Morgan fingerprint density at radius 1 is 0.900 bits per heavy atom. The van der Waals surface area contributed by atoms with Crippen LogP contribution in [0.5, 0.6) is 0 Å². The summed E-state index contributed by atoms with van der Waals surface area (Å²) >= 11 is 0. The van der Waals surface area contributed by atoms with Gasteiger partial charge in [0.05, 0.1) is 0 Å². The third-order valence-electron chi connectivity index (χ3n) is 1.41. The van der Waals surface area contributed by atoms with E-state index >= 15 is 0 Å². The minimum absolute atomic E-state index is 0. The summed E-state index contributed by atoms with van der Waals surface area (Å²) in [7, 11) is 1.25. The summed E-state index contributed by atoms with van der Waals surface area (Å²) in [5.41, 5.74) is 0. The van der Waals surface area contributed by atoms with Crippen molar-refractivity contribution >= 4 is 8.58 Å². The van der Waals surface area contributed by atoms with Crippen molar-refractivity contribution in [1.29, 1.82) is 0 Å². The van der Waals surface area contributed by atoms with Gasteiger partial charge in [0.1, 0.15) is 0 Å². The van der Waals surface area contributed by atoms with E-state index in [1.54, 1.807) is 0 Å². The maximum absolute atomic E-state index is 2.27. The van der Waals surface area contributed by atoms with Gasteiger partial charge >= 0.3 is 0 Å². The largest absolute Gasteiger partial charge is 0.122 e. The second-order valence-electron chi connectivity index (χ2n) is 2.46. The number of hydrogen-bond donors (Lipinski definition) is 0. The van der Waals surface area contributed by atoms with Crippen molar-refractivity contribution in [2.75, 3.05) is 12.3 Å². The van der Waals surface area contributed by atoms with Gasteiger partial charge in [0.25, 0.3) is 0 Å². The molecule has 0 saturated heterocycles. The first-order valence-electron chi connectivity index (χ1n) is 4.12. The van der Waals surface area contributed by atoms with Gasteiger partial charge in [-0.25, -0.2) is 0 Å². The Kier molecular flexibility index (Phi) is 19.1. The topological polar surface area (TPSA) is 0 Å². The fraction of sp³-hybridized carbons (Fsp3) is 1.00. The van der Waals surface area contributed by atoms with Crippen LogP contribution >= 0.6 is 8.58 Å². The zero-order valence-electron chi connectivity index (χ0n) is 7.24. The average Bonchev–Trinajstić information content (AvgIpc) is 1.89. The van der Waals surface area contributed by atoms with E-state index in [9.17, 15) is 0 Å². The van der Waals surface area contributed by atoms with Crippen LogP contribution < -0.4 is 0 Å². The summed E-state index contributed by atoms with van der Waals surface area (Å²) in [4.78, 5) is 0. The molecule has 0 rings (SSSR count). The van der Waals surface area contributed by atoms with Crippen LogP contribution in [-0.2, 0) is 0 Å². The summed E-state index contributed by atoms with van der Waals surface area (Å²) in [6.07, 6.45) is 8.61. The molecule has 0 spiro atoms. The first-order valence-corrected chi connectivity index (χ1v) is 5.54. The summed E-state index contributed by atoms with van der Waals surface area (Å²) in [5, 5.41) is 0. The van der Waals surface area contributed by atoms with E-state index < -0.39 is 0 Å². The predicted octanol–water partition coefficient (Wildman–Crippen LogP) is 3.27. The second kappa shape index (κ2) is 13.4. The van der Waals surface area contributed by atoms with Gasteiger partial charge < -0.3 is 0 Å². The van der Waals surface area contributed by atoms with Crippen LogP contribution in [0.15, 0.2) is 0 Å². The van der Waals surface area contributed by atoms with E-state index in [0.717, 1.165) is 0 Å². The van der Waals surface area contributed by atoms with Gasteiger partial charge in [0, 0.05) is 40.8 Å². The molecule has 0 unspecified atom stereocenters. The van der Waals surface area contributed by atoms with E-state index in [1.165, 1.54) is 46.6 Å². The van der Waals surface area contributed by atoms with Crippen LogP contribution in [0.4, 0.5) is 0 Å². The second-order valence-corrected chi connectivity index (χ2v) is 3.96. The SMILES string of the molecule is CCCCPCCCC.[Nd]. The third-order valence-corrected chi connectivity index (χ3v) is 2.83. The van der Waals surface area contributed by atoms with Crippen molar-refractivity contribution in [2.45, 2.75) is 39.5 Å². The molecule has 0 aromatic rings. The fourth-order valence-corrected chi connectivity index (χ4v) is 2.19. The van der Waals surface area contributed by atoms with Crippen molar-refractivity contribution in [3.05, 3.63) is 0 Å². The molecule has 10 heavy (non-hydrogen) atoms. The van der Waals surface area contributed by atoms with E-state index in [1.807, 2.05) is 0 Å². The van der Waals surface area contributed by atoms with E-state index in [2.05, 4.69) is 13.8 Å². The molecule has 0 N–H and O–H groups in total. The molecule has 0 fully saturated rings. The maximum atomic E-state index is 2.27. The van der Waals surface area contributed by atoms with Crippen LogP contribution in [-0.4, -0.2) is 12.3 Å². The molecule has 0 aromatic heterocycles. The molecule has 0 saturated carbocycles. The molecule has 0 nitrogen and oxygen atoms in total. The minimum Gasteiger partial charge on any atom is -0.122 e. The molecule has 0 bridgehead atoms. The van der Waals surface area contributed by atoms with Crippen LogP contribution in [0.2, 0.25) is 0 Å². The molecule has 0 aliphatic carbocycles. The van der Waals surface area contributed by atoms with Crippen LogP contribution in [0.1, 0.15) is 39.5 Å². The quantitative estimate of drug-likeness (QED) is 0.520. The first-order chi connectivity index (χ1) is 4.41. The smallest absolute Gasteiger partial charge is 0 e. The molecule has 0 radical (unpaired) electrons. The van der Waals surface area contributed by atoms with E-state index in [0.29, 0.717) is 0 Å². The zero-order chi connectivity index (χ0) is 6.95. The first kappa shape index (κ1) is 14.3. The summed E-state index contributed by atoms with van der Waals surface area (Å²) < 4.78 is 0. The van der Waals surface area contributed by atoms with Crippen molar-refractivity contribution in [2.24, 2.45) is 0 Å². The van der Waals surface area contributed by atoms with E-state index in [4.69, 9.17) is 0 Å². The fourth-order valence-electron chi connectivity index (χ4n) is 0.729. The summed E-state index contributed by atoms with van der Waals surface area (Å²) in [5.74, 6) is 0. The Balaban J connectivity index is 0. The minimum atomic E-state index is 0. The van der Waals surface area contributed by atoms with Gasteiger partial charge in [-0.05, 0) is 25.2 Å². The Bertz CT molecular complexity index is 42.5. The normalized spacial score (nSPS) is 9.00. The van der Waals surface area contributed by atoms with Crippen molar-refractivity contribution < 1.29 is 40.8 Å². The molecule has 60 valence electrons. The molecule has 0 aliphatic heterocycles. The van der Waals surface area contributed by atoms with Crippen molar-refractivity contribution in [3.8, 4) is 0 Å². The monoisotopic (exact) mass is 288 g/mol. The van der Waals surface area contributed by atoms with Gasteiger partial charge in [-0.2, -0.15) is 0 Å². The van der Waals surface area contributed by atoms with Gasteiger partial charge in [0.2, 0.25) is 0 Å². The molecule has 0 aliphatic rings. The zero-order valence-corrected chi connectivity index (χ0v) is 11.5. The third kappa shape index (κ3) is 12.5. The van der Waals surface area contributed by atoms with Gasteiger partial charge in [-0.15, -0.1) is 8.58 Å². The van der Waals surface area contributed by atoms with E-state index in [-0.39, 0.29) is 40.8 Å². The number of unbranched alkanes of at least 4 members (excludes halogenated alkanes) is 2. The molecule has 0 atom stereocenters. The van der Waals surface area contributed by atoms with Crippen LogP contribution in [0, 0.1) is 40.8 Å². The van der Waals surface area contributed by atoms with Crippen molar-refractivity contribution in [3.63, 3.8) is 0 Å².